The molecule has 0 aliphatic carbocycles. The minimum atomic E-state index is -3.11. The van der Waals surface area contributed by atoms with Crippen LogP contribution in [0.5, 0.6) is 0 Å². The lowest BCUT2D eigenvalue weighted by Crippen LogP contribution is -2.54. The van der Waals surface area contributed by atoms with E-state index >= 15 is 0 Å². The summed E-state index contributed by atoms with van der Waals surface area (Å²) in [7, 11) is 1.01. The molecule has 0 aromatic carbocycles. The monoisotopic (exact) mass is 232 g/mol. The highest BCUT2D eigenvalue weighted by Crippen LogP contribution is 2.15. The maximum absolute atomic E-state index is 10.2. The summed E-state index contributed by atoms with van der Waals surface area (Å²) in [5, 5.41) is 0. The predicted octanol–water partition coefficient (Wildman–Crippen LogP) is -0.556. The average molecular weight is 232 g/mol. The summed E-state index contributed by atoms with van der Waals surface area (Å²) in [5.41, 5.74) is -0.781. The lowest BCUT2D eigenvalue weighted by molar-refractivity contribution is 0.114. The number of isocyanates is 2. The molecule has 0 amide bonds. The van der Waals surface area contributed by atoms with Crippen LogP contribution in [0.1, 0.15) is 0 Å². The van der Waals surface area contributed by atoms with Gasteiger partial charge < -0.3 is 13.3 Å². The van der Waals surface area contributed by atoms with E-state index in [1.165, 1.54) is 33.5 Å². The molecule has 1 unspecified atom stereocenters. The zero-order chi connectivity index (χ0) is 11.7. The fourth-order valence-electron chi connectivity index (χ4n) is 1.08. The smallest absolute Gasteiger partial charge is 0.376 e. The first-order chi connectivity index (χ1) is 7.20. The molecule has 8 heteroatoms. The highest BCUT2D eigenvalue weighted by Gasteiger charge is 2.48. The van der Waals surface area contributed by atoms with Crippen LogP contribution in [-0.4, -0.2) is 54.5 Å². The molecule has 0 saturated heterocycles. The van der Waals surface area contributed by atoms with Crippen molar-refractivity contribution in [2.45, 2.75) is 5.67 Å². The van der Waals surface area contributed by atoms with Gasteiger partial charge in [-0.2, -0.15) is 4.99 Å². The number of aliphatic imine (C=N–C) groups is 2. The molecule has 7 nitrogen and oxygen atoms in total. The molecule has 0 bridgehead atoms. The van der Waals surface area contributed by atoms with Gasteiger partial charge >= 0.3 is 8.80 Å². The first-order valence-electron chi connectivity index (χ1n) is 3.96. The molecule has 0 aromatic rings. The Morgan fingerprint density at radius 2 is 1.67 bits per heavy atom. The van der Waals surface area contributed by atoms with Crippen LogP contribution < -0.4 is 0 Å². The Kier molecular flexibility index (Phi) is 6.64. The van der Waals surface area contributed by atoms with Crippen molar-refractivity contribution < 1.29 is 22.9 Å². The highest BCUT2D eigenvalue weighted by atomic mass is 28.4. The van der Waals surface area contributed by atoms with E-state index in [1.54, 1.807) is 0 Å². The number of hydrogen-bond donors (Lipinski definition) is 0. The first kappa shape index (κ1) is 13.9. The number of hydrogen-bond acceptors (Lipinski definition) is 7. The molecule has 0 saturated carbocycles. The van der Waals surface area contributed by atoms with E-state index in [9.17, 15) is 9.59 Å². The number of carbonyl (C=O) groups excluding carboxylic acids is 2. The second-order valence-corrected chi connectivity index (χ2v) is 5.48. The number of nitrogens with zero attached hydrogens (tertiary/aromatic N) is 2. The molecule has 0 heterocycles. The molecule has 0 aromatic heterocycles. The van der Waals surface area contributed by atoms with Gasteiger partial charge in [-0.05, 0) is 0 Å². The van der Waals surface area contributed by atoms with Gasteiger partial charge in [-0.25, -0.2) is 14.6 Å². The Bertz CT molecular complexity index is 273. The third-order valence-corrected chi connectivity index (χ3v) is 4.63. The third-order valence-electron chi connectivity index (χ3n) is 1.80. The van der Waals surface area contributed by atoms with E-state index in [2.05, 4.69) is 9.98 Å². The van der Waals surface area contributed by atoms with Gasteiger partial charge in [0.2, 0.25) is 12.2 Å². The molecule has 0 N–H and O–H groups in total. The molecular weight excluding hydrogens is 220 g/mol. The molecule has 1 atom stereocenters. The molecule has 0 fully saturated rings. The van der Waals surface area contributed by atoms with Crippen LogP contribution in [0.2, 0.25) is 0 Å². The molecule has 15 heavy (non-hydrogen) atoms. The van der Waals surface area contributed by atoms with Crippen LogP contribution in [0, 0.1) is 0 Å². The van der Waals surface area contributed by atoms with Crippen molar-refractivity contribution in [3.05, 3.63) is 0 Å². The molecule has 0 aliphatic rings. The second-order valence-electron chi connectivity index (χ2n) is 2.38. The standard InChI is InChI=1S/C7H12N2O5Si/c1-12-15(13-2,14-3)7(9-6-11)4-8-5-10/h7H,4H2,1-3H3. The van der Waals surface area contributed by atoms with Crippen molar-refractivity contribution in [3.8, 4) is 0 Å². The van der Waals surface area contributed by atoms with Crippen molar-refractivity contribution in [1.29, 1.82) is 0 Å². The van der Waals surface area contributed by atoms with Gasteiger partial charge in [-0.3, -0.25) is 0 Å². The van der Waals surface area contributed by atoms with E-state index in [-0.39, 0.29) is 6.54 Å². The zero-order valence-corrected chi connectivity index (χ0v) is 9.72. The zero-order valence-electron chi connectivity index (χ0n) is 8.72. The Hall–Kier alpha value is -1.14. The molecule has 0 rings (SSSR count). The van der Waals surface area contributed by atoms with Gasteiger partial charge in [-0.15, -0.1) is 0 Å². The Morgan fingerprint density at radius 3 is 2.00 bits per heavy atom. The van der Waals surface area contributed by atoms with E-state index in [4.69, 9.17) is 13.3 Å². The van der Waals surface area contributed by atoms with Gasteiger partial charge in [-0.1, -0.05) is 0 Å². The highest BCUT2D eigenvalue weighted by molar-refractivity contribution is 6.62. The van der Waals surface area contributed by atoms with Crippen LogP contribution in [-0.2, 0) is 22.9 Å². The summed E-state index contributed by atoms with van der Waals surface area (Å²) < 4.78 is 15.2. The second kappa shape index (κ2) is 7.19. The van der Waals surface area contributed by atoms with Crippen LogP contribution in [0.3, 0.4) is 0 Å². The first-order valence-corrected chi connectivity index (χ1v) is 5.77. The van der Waals surface area contributed by atoms with Crippen molar-refractivity contribution >= 4 is 21.0 Å². The van der Waals surface area contributed by atoms with E-state index < -0.39 is 14.5 Å². The largest absolute Gasteiger partial charge is 0.529 e. The van der Waals surface area contributed by atoms with E-state index in [0.29, 0.717) is 0 Å². The number of rotatable bonds is 7. The van der Waals surface area contributed by atoms with E-state index in [0.717, 1.165) is 0 Å². The minimum absolute atomic E-state index is 0.0829. The van der Waals surface area contributed by atoms with Gasteiger partial charge in [0.1, 0.15) is 0 Å². The van der Waals surface area contributed by atoms with Gasteiger partial charge in [0.15, 0.2) is 5.67 Å². The SMILES string of the molecule is CO[Si](OC)(OC)C(CN=C=O)N=C=O. The summed E-state index contributed by atoms with van der Waals surface area (Å²) >= 11 is 0. The Balaban J connectivity index is 4.97. The minimum Gasteiger partial charge on any atom is -0.376 e. The third kappa shape index (κ3) is 3.48. The van der Waals surface area contributed by atoms with Gasteiger partial charge in [0.25, 0.3) is 0 Å². The van der Waals surface area contributed by atoms with Crippen molar-refractivity contribution in [2.24, 2.45) is 9.98 Å². The van der Waals surface area contributed by atoms with Crippen LogP contribution >= 0.6 is 0 Å². The summed E-state index contributed by atoms with van der Waals surface area (Å²) in [6.07, 6.45) is 2.71. The normalized spacial score (nSPS) is 12.5. The van der Waals surface area contributed by atoms with Crippen molar-refractivity contribution in [2.75, 3.05) is 27.9 Å². The lowest BCUT2D eigenvalue weighted by atomic mass is 10.6. The summed E-state index contributed by atoms with van der Waals surface area (Å²) in [4.78, 5) is 26.9. The Labute approximate surface area is 88.1 Å². The van der Waals surface area contributed by atoms with Crippen LogP contribution in [0.15, 0.2) is 9.98 Å². The van der Waals surface area contributed by atoms with Gasteiger partial charge in [0, 0.05) is 21.3 Å². The fraction of sp³-hybridized carbons (Fsp3) is 0.714. The van der Waals surface area contributed by atoms with Gasteiger partial charge in [0.05, 0.1) is 6.54 Å². The maximum Gasteiger partial charge on any atom is 0.529 e. The van der Waals surface area contributed by atoms with Crippen molar-refractivity contribution in [1.82, 2.24) is 0 Å². The molecule has 84 valence electrons. The molecule has 0 aliphatic heterocycles. The maximum atomic E-state index is 10.2. The predicted molar refractivity (Wildman–Crippen MR) is 51.7 cm³/mol. The fourth-order valence-corrected chi connectivity index (χ4v) is 2.92. The summed E-state index contributed by atoms with van der Waals surface area (Å²) in [5.74, 6) is 0. The van der Waals surface area contributed by atoms with Crippen LogP contribution in [0.4, 0.5) is 0 Å². The Morgan fingerprint density at radius 1 is 1.13 bits per heavy atom. The molecule has 0 radical (unpaired) electrons. The van der Waals surface area contributed by atoms with Crippen molar-refractivity contribution in [3.63, 3.8) is 0 Å². The summed E-state index contributed by atoms with van der Waals surface area (Å²) in [6, 6.07) is 0. The average Bonchev–Trinajstić information content (AvgIpc) is 2.28. The summed E-state index contributed by atoms with van der Waals surface area (Å²) in [6.45, 7) is -0.0829. The molecule has 0 spiro atoms. The lowest BCUT2D eigenvalue weighted by Gasteiger charge is -2.27. The molecular formula is C7H12N2O5Si. The van der Waals surface area contributed by atoms with Crippen LogP contribution in [0.25, 0.3) is 0 Å². The quantitative estimate of drug-likeness (QED) is 0.334. The topological polar surface area (TPSA) is 86.5 Å². The van der Waals surface area contributed by atoms with E-state index in [1.807, 2.05) is 0 Å².